The zero-order chi connectivity index (χ0) is 34.5. The summed E-state index contributed by atoms with van der Waals surface area (Å²) in [6.07, 6.45) is 17.6. The Morgan fingerprint density at radius 2 is 0.736 bits per heavy atom. The molecule has 0 nitrogen and oxygen atoms in total. The molecule has 0 saturated heterocycles. The van der Waals surface area contributed by atoms with Gasteiger partial charge in [0.05, 0.1) is 0 Å². The first-order valence-electron chi connectivity index (χ1n) is 21.7. The van der Waals surface area contributed by atoms with Crippen LogP contribution in [0.2, 0.25) is 0 Å². The van der Waals surface area contributed by atoms with Crippen molar-refractivity contribution in [3.05, 3.63) is 95.6 Å². The highest BCUT2D eigenvalue weighted by atomic mass is 14.6. The van der Waals surface area contributed by atoms with Gasteiger partial charge in [0.25, 0.3) is 0 Å². The van der Waals surface area contributed by atoms with E-state index in [1.165, 1.54) is 158 Å². The van der Waals surface area contributed by atoms with Crippen LogP contribution in [0.3, 0.4) is 0 Å². The second-order valence-corrected chi connectivity index (χ2v) is 20.7. The van der Waals surface area contributed by atoms with Crippen LogP contribution in [0.1, 0.15) is 114 Å². The summed E-state index contributed by atoms with van der Waals surface area (Å²) in [7, 11) is 0. The van der Waals surface area contributed by atoms with E-state index in [4.69, 9.17) is 0 Å². The maximum atomic E-state index is 2.71. The van der Waals surface area contributed by atoms with Gasteiger partial charge in [-0.1, -0.05) is 68.4 Å². The molecule has 0 heteroatoms. The van der Waals surface area contributed by atoms with E-state index in [-0.39, 0.29) is 0 Å². The Kier molecular flexibility index (Phi) is 5.37. The molecular formula is C53H50. The van der Waals surface area contributed by atoms with Gasteiger partial charge in [-0.2, -0.15) is 0 Å². The monoisotopic (exact) mass is 686 g/mol. The lowest BCUT2D eigenvalue weighted by Gasteiger charge is -2.57. The van der Waals surface area contributed by atoms with Crippen LogP contribution in [0.4, 0.5) is 0 Å². The van der Waals surface area contributed by atoms with E-state index in [9.17, 15) is 0 Å². The summed E-state index contributed by atoms with van der Waals surface area (Å²) in [6.45, 7) is 4.76. The van der Waals surface area contributed by atoms with Gasteiger partial charge in [0.1, 0.15) is 0 Å². The zero-order valence-electron chi connectivity index (χ0n) is 31.5. The van der Waals surface area contributed by atoms with E-state index in [0.717, 1.165) is 35.5 Å². The van der Waals surface area contributed by atoms with Gasteiger partial charge in [0.2, 0.25) is 0 Å². The molecule has 8 bridgehead atoms. The van der Waals surface area contributed by atoms with Crippen LogP contribution >= 0.6 is 0 Å². The highest BCUT2D eigenvalue weighted by Crippen LogP contribution is 2.63. The molecule has 0 aromatic heterocycles. The van der Waals surface area contributed by atoms with Crippen LogP contribution in [-0.4, -0.2) is 0 Å². The van der Waals surface area contributed by atoms with Crippen molar-refractivity contribution in [3.63, 3.8) is 0 Å². The van der Waals surface area contributed by atoms with Crippen LogP contribution in [-0.2, 0) is 10.8 Å². The van der Waals surface area contributed by atoms with Gasteiger partial charge in [-0.05, 0) is 246 Å². The molecule has 262 valence electrons. The molecule has 53 heavy (non-hydrogen) atoms. The molecule has 8 aromatic carbocycles. The Hall–Kier alpha value is -3.90. The van der Waals surface area contributed by atoms with Gasteiger partial charge in [-0.3, -0.25) is 0 Å². The molecule has 0 heterocycles. The highest BCUT2D eigenvalue weighted by molar-refractivity contribution is 6.41. The quantitative estimate of drug-likeness (QED) is 0.162. The fourth-order valence-electron chi connectivity index (χ4n) is 16.1. The number of hydrogen-bond donors (Lipinski definition) is 0. The molecular weight excluding hydrogens is 637 g/mol. The summed E-state index contributed by atoms with van der Waals surface area (Å²) < 4.78 is 0. The number of hydrogen-bond acceptors (Lipinski definition) is 0. The molecule has 8 fully saturated rings. The molecule has 8 aromatic rings. The SMILES string of the molecule is CC(C)c1cc2c3ccc(C45CC6CC(CC(C6)C4)C5)cc3c3cc4c(cc5c6ccc(C78CC9CC(CC(C9)C7)C8)cc6c6cccc4c65)c(c1)c23. The van der Waals surface area contributed by atoms with Crippen LogP contribution in [0.5, 0.6) is 0 Å². The molecule has 0 radical (unpaired) electrons. The lowest BCUT2D eigenvalue weighted by atomic mass is 9.48. The topological polar surface area (TPSA) is 0 Å². The van der Waals surface area contributed by atoms with Gasteiger partial charge in [-0.25, -0.2) is 0 Å². The van der Waals surface area contributed by atoms with Gasteiger partial charge >= 0.3 is 0 Å². The lowest BCUT2D eigenvalue weighted by Crippen LogP contribution is -2.48. The number of fused-ring (bicyclic) bond motifs is 9. The van der Waals surface area contributed by atoms with E-state index >= 15 is 0 Å². The summed E-state index contributed by atoms with van der Waals surface area (Å²) in [5, 5.41) is 20.6. The van der Waals surface area contributed by atoms with Crippen molar-refractivity contribution >= 4 is 75.4 Å². The second-order valence-electron chi connectivity index (χ2n) is 20.7. The molecule has 0 aliphatic heterocycles. The standard InChI is InChI=1S/C53H50/c1-28(2)35-16-46-39-9-7-37(53-25-32-13-33(26-53)15-34(14-32)27-53)19-43(39)49-20-44-41-5-3-4-40-42-18-36(52-22-29-10-30(23-52)12-31(11-29)24-52)6-8-38(42)48(50(40)41)21-45(44)47(17-35)51(46)49/h3-9,16-21,28-34H,10-15,22-27H2,1-2H3. The van der Waals surface area contributed by atoms with Crippen molar-refractivity contribution in [2.45, 2.75) is 108 Å². The van der Waals surface area contributed by atoms with E-state index in [1.807, 2.05) is 0 Å². The summed E-state index contributed by atoms with van der Waals surface area (Å²) in [5.41, 5.74) is 5.62. The molecule has 0 atom stereocenters. The summed E-state index contributed by atoms with van der Waals surface area (Å²) in [6, 6.07) is 33.3. The Balaban J connectivity index is 1.04. The van der Waals surface area contributed by atoms with E-state index in [0.29, 0.717) is 16.7 Å². The van der Waals surface area contributed by atoms with Gasteiger partial charge in [0, 0.05) is 0 Å². The largest absolute Gasteiger partial charge is 0.0610 e. The Bertz CT molecular complexity index is 2810. The Morgan fingerprint density at radius 3 is 1.21 bits per heavy atom. The van der Waals surface area contributed by atoms with Crippen molar-refractivity contribution in [2.75, 3.05) is 0 Å². The van der Waals surface area contributed by atoms with Crippen molar-refractivity contribution < 1.29 is 0 Å². The summed E-state index contributed by atoms with van der Waals surface area (Å²) in [4.78, 5) is 0. The third-order valence-electron chi connectivity index (χ3n) is 17.4. The smallest absolute Gasteiger partial charge is 0.00197 e. The second kappa shape index (κ2) is 9.66. The molecule has 8 saturated carbocycles. The third kappa shape index (κ3) is 3.71. The first-order chi connectivity index (χ1) is 25.9. The maximum absolute atomic E-state index is 2.71. The molecule has 0 unspecified atom stereocenters. The van der Waals surface area contributed by atoms with E-state index in [1.54, 1.807) is 11.1 Å². The summed E-state index contributed by atoms with van der Waals surface area (Å²) in [5.74, 6) is 6.27. The fraction of sp³-hybridized carbons (Fsp3) is 0.434. The van der Waals surface area contributed by atoms with Crippen molar-refractivity contribution in [1.29, 1.82) is 0 Å². The average molecular weight is 687 g/mol. The van der Waals surface area contributed by atoms with E-state index in [2.05, 4.69) is 92.7 Å². The third-order valence-corrected chi connectivity index (χ3v) is 17.4. The van der Waals surface area contributed by atoms with E-state index < -0.39 is 0 Å². The van der Waals surface area contributed by atoms with Crippen molar-refractivity contribution in [1.82, 2.24) is 0 Å². The summed E-state index contributed by atoms with van der Waals surface area (Å²) >= 11 is 0. The zero-order valence-corrected chi connectivity index (χ0v) is 31.5. The molecule has 8 aliphatic carbocycles. The molecule has 16 rings (SSSR count). The van der Waals surface area contributed by atoms with Gasteiger partial charge < -0.3 is 0 Å². The minimum absolute atomic E-state index is 0.410. The maximum Gasteiger partial charge on any atom is -0.00197 e. The molecule has 0 amide bonds. The molecule has 8 aliphatic rings. The first kappa shape index (κ1) is 29.5. The fourth-order valence-corrected chi connectivity index (χ4v) is 16.1. The van der Waals surface area contributed by atoms with Crippen LogP contribution < -0.4 is 0 Å². The normalized spacial score (nSPS) is 33.3. The Labute approximate surface area is 313 Å². The predicted molar refractivity (Wildman–Crippen MR) is 225 cm³/mol. The predicted octanol–water partition coefficient (Wildman–Crippen LogP) is 14.7. The first-order valence-corrected chi connectivity index (χ1v) is 21.7. The van der Waals surface area contributed by atoms with Gasteiger partial charge in [-0.15, -0.1) is 0 Å². The molecule has 0 spiro atoms. The average Bonchev–Trinajstić information content (AvgIpc) is 3.63. The van der Waals surface area contributed by atoms with Crippen molar-refractivity contribution in [2.24, 2.45) is 35.5 Å². The minimum atomic E-state index is 0.410. The van der Waals surface area contributed by atoms with Crippen LogP contribution in [0, 0.1) is 35.5 Å². The highest BCUT2D eigenvalue weighted by Gasteiger charge is 2.53. The van der Waals surface area contributed by atoms with Gasteiger partial charge in [0.15, 0.2) is 0 Å². The molecule has 0 N–H and O–H groups in total. The number of rotatable bonds is 3. The van der Waals surface area contributed by atoms with Crippen molar-refractivity contribution in [3.8, 4) is 0 Å². The minimum Gasteiger partial charge on any atom is -0.0610 e. The Morgan fingerprint density at radius 1 is 0.377 bits per heavy atom. The lowest BCUT2D eigenvalue weighted by molar-refractivity contribution is -0.00524. The van der Waals surface area contributed by atoms with Crippen LogP contribution in [0.15, 0.2) is 78.9 Å². The number of benzene rings is 6. The van der Waals surface area contributed by atoms with Crippen LogP contribution in [0.25, 0.3) is 75.4 Å².